The van der Waals surface area contributed by atoms with E-state index in [9.17, 15) is 10.2 Å². The van der Waals surface area contributed by atoms with Crippen LogP contribution in [0.25, 0.3) is 0 Å². The van der Waals surface area contributed by atoms with Gasteiger partial charge in [-0.15, -0.1) is 12.4 Å². The predicted molar refractivity (Wildman–Crippen MR) is 98.6 cm³/mol. The maximum absolute atomic E-state index is 10.3. The van der Waals surface area contributed by atoms with Crippen LogP contribution in [0.5, 0.6) is 11.5 Å². The maximum atomic E-state index is 10.3. The van der Waals surface area contributed by atoms with Crippen molar-refractivity contribution in [3.63, 3.8) is 0 Å². The van der Waals surface area contributed by atoms with Crippen molar-refractivity contribution in [1.82, 2.24) is 4.90 Å². The van der Waals surface area contributed by atoms with Gasteiger partial charge in [0.25, 0.3) is 0 Å². The number of aliphatic hydroxyl groups excluding tert-OH is 1. The number of halogens is 1. The van der Waals surface area contributed by atoms with Gasteiger partial charge >= 0.3 is 0 Å². The van der Waals surface area contributed by atoms with Gasteiger partial charge in [-0.25, -0.2) is 0 Å². The Morgan fingerprint density at radius 1 is 1.21 bits per heavy atom. The summed E-state index contributed by atoms with van der Waals surface area (Å²) < 4.78 is 6.49. The third-order valence-electron chi connectivity index (χ3n) is 5.84. The standard InChI is InChI=1S/C19H29NO3.ClH/c1-12-13(2)18-16(14(3)17(12)22)7-8-19(4,23-18)11-20-9-5-6-15(20)10-21;/h15,21-22H,5-11H2,1-4H3;1H/t15-,19?;/m0./s1. The molecule has 3 rings (SSSR count). The minimum atomic E-state index is -0.231. The SMILES string of the molecule is Cc1c(C)c2c(c(C)c1O)CCC(C)(CN1CCC[C@H]1CO)O2.Cl. The van der Waals surface area contributed by atoms with Crippen molar-refractivity contribution in [3.8, 4) is 11.5 Å². The highest BCUT2D eigenvalue weighted by Crippen LogP contribution is 2.43. The van der Waals surface area contributed by atoms with Crippen LogP contribution in [0.1, 0.15) is 48.4 Å². The van der Waals surface area contributed by atoms with E-state index in [1.54, 1.807) is 0 Å². The normalized spacial score (nSPS) is 26.6. The highest BCUT2D eigenvalue weighted by atomic mass is 35.5. The number of phenols is 1. The Hall–Kier alpha value is -0.970. The average Bonchev–Trinajstić information content (AvgIpc) is 2.97. The van der Waals surface area contributed by atoms with E-state index in [-0.39, 0.29) is 30.7 Å². The zero-order chi connectivity index (χ0) is 16.8. The zero-order valence-corrected chi connectivity index (χ0v) is 16.0. The smallest absolute Gasteiger partial charge is 0.127 e. The van der Waals surface area contributed by atoms with Crippen molar-refractivity contribution in [3.05, 3.63) is 22.3 Å². The van der Waals surface area contributed by atoms with Gasteiger partial charge in [-0.2, -0.15) is 0 Å². The summed E-state index contributed by atoms with van der Waals surface area (Å²) in [5.41, 5.74) is 3.85. The molecule has 2 atom stereocenters. The second-order valence-electron chi connectivity index (χ2n) is 7.53. The number of aromatic hydroxyl groups is 1. The number of aliphatic hydroxyl groups is 1. The summed E-state index contributed by atoms with van der Waals surface area (Å²) in [6.07, 6.45) is 4.11. The molecule has 1 aromatic rings. The van der Waals surface area contributed by atoms with E-state index >= 15 is 0 Å². The van der Waals surface area contributed by atoms with Crippen LogP contribution >= 0.6 is 12.4 Å². The molecule has 2 aliphatic heterocycles. The Balaban J connectivity index is 0.00000208. The maximum Gasteiger partial charge on any atom is 0.127 e. The van der Waals surface area contributed by atoms with Gasteiger partial charge in [0.1, 0.15) is 17.1 Å². The molecule has 0 amide bonds. The largest absolute Gasteiger partial charge is 0.507 e. The summed E-state index contributed by atoms with van der Waals surface area (Å²) >= 11 is 0. The summed E-state index contributed by atoms with van der Waals surface area (Å²) in [5.74, 6) is 1.37. The lowest BCUT2D eigenvalue weighted by molar-refractivity contribution is 0.0131. The molecule has 5 heteroatoms. The first-order valence-electron chi connectivity index (χ1n) is 8.72. The molecule has 0 bridgehead atoms. The second kappa shape index (κ2) is 7.11. The van der Waals surface area contributed by atoms with Crippen LogP contribution < -0.4 is 4.74 Å². The molecule has 2 N–H and O–H groups in total. The first kappa shape index (κ1) is 19.4. The number of rotatable bonds is 3. The van der Waals surface area contributed by atoms with Gasteiger partial charge in [-0.05, 0) is 76.6 Å². The third kappa shape index (κ3) is 3.24. The zero-order valence-electron chi connectivity index (χ0n) is 15.2. The monoisotopic (exact) mass is 355 g/mol. The van der Waals surface area contributed by atoms with Gasteiger partial charge in [0, 0.05) is 18.2 Å². The van der Waals surface area contributed by atoms with Crippen molar-refractivity contribution in [2.24, 2.45) is 0 Å². The van der Waals surface area contributed by atoms with Crippen molar-refractivity contribution in [2.75, 3.05) is 19.7 Å². The molecule has 2 aliphatic rings. The van der Waals surface area contributed by atoms with Gasteiger partial charge in [0.2, 0.25) is 0 Å². The molecule has 0 spiro atoms. The highest BCUT2D eigenvalue weighted by molar-refractivity contribution is 5.85. The van der Waals surface area contributed by atoms with Crippen LogP contribution in [-0.4, -0.2) is 46.5 Å². The van der Waals surface area contributed by atoms with E-state index in [2.05, 4.69) is 11.8 Å². The Labute approximate surface area is 151 Å². The Morgan fingerprint density at radius 2 is 1.92 bits per heavy atom. The van der Waals surface area contributed by atoms with Crippen LogP contribution in [0.15, 0.2) is 0 Å². The summed E-state index contributed by atoms with van der Waals surface area (Å²) in [6, 6.07) is 0.279. The number of benzene rings is 1. The van der Waals surface area contributed by atoms with Crippen molar-refractivity contribution < 1.29 is 14.9 Å². The molecular weight excluding hydrogens is 326 g/mol. The number of ether oxygens (including phenoxy) is 1. The first-order valence-corrected chi connectivity index (χ1v) is 8.72. The minimum Gasteiger partial charge on any atom is -0.507 e. The minimum absolute atomic E-state index is 0. The molecule has 1 aromatic carbocycles. The van der Waals surface area contributed by atoms with Gasteiger partial charge < -0.3 is 14.9 Å². The molecule has 2 heterocycles. The first-order chi connectivity index (χ1) is 10.9. The topological polar surface area (TPSA) is 52.9 Å². The highest BCUT2D eigenvalue weighted by Gasteiger charge is 2.38. The summed E-state index contributed by atoms with van der Waals surface area (Å²) in [6.45, 7) is 10.3. The molecular formula is C19H30ClNO3. The summed E-state index contributed by atoms with van der Waals surface area (Å²) in [7, 11) is 0. The van der Waals surface area contributed by atoms with E-state index in [4.69, 9.17) is 4.74 Å². The molecule has 4 nitrogen and oxygen atoms in total. The lowest BCUT2D eigenvalue weighted by atomic mass is 9.87. The van der Waals surface area contributed by atoms with Gasteiger partial charge in [0.05, 0.1) is 6.61 Å². The Bertz CT molecular complexity index is 619. The molecule has 1 fully saturated rings. The fourth-order valence-corrected chi connectivity index (χ4v) is 4.15. The van der Waals surface area contributed by atoms with Crippen molar-refractivity contribution in [2.45, 2.75) is 65.0 Å². The van der Waals surface area contributed by atoms with E-state index in [0.29, 0.717) is 5.75 Å². The molecule has 1 unspecified atom stereocenters. The predicted octanol–water partition coefficient (Wildman–Crippen LogP) is 3.28. The lowest BCUT2D eigenvalue weighted by Gasteiger charge is -2.41. The fourth-order valence-electron chi connectivity index (χ4n) is 4.15. The van der Waals surface area contributed by atoms with Gasteiger partial charge in [0.15, 0.2) is 0 Å². The van der Waals surface area contributed by atoms with Crippen LogP contribution in [0.2, 0.25) is 0 Å². The van der Waals surface area contributed by atoms with Gasteiger partial charge in [-0.3, -0.25) is 4.90 Å². The number of likely N-dealkylation sites (tertiary alicyclic amines) is 1. The molecule has 0 radical (unpaired) electrons. The molecule has 24 heavy (non-hydrogen) atoms. The average molecular weight is 356 g/mol. The quantitative estimate of drug-likeness (QED) is 0.873. The van der Waals surface area contributed by atoms with Crippen LogP contribution in [0.4, 0.5) is 0 Å². The number of nitrogens with zero attached hydrogens (tertiary/aromatic N) is 1. The number of fused-ring (bicyclic) bond motifs is 1. The number of hydrogen-bond acceptors (Lipinski definition) is 4. The van der Waals surface area contributed by atoms with Gasteiger partial charge in [-0.1, -0.05) is 0 Å². The summed E-state index contributed by atoms with van der Waals surface area (Å²) in [4.78, 5) is 2.38. The van der Waals surface area contributed by atoms with E-state index in [1.165, 1.54) is 0 Å². The van der Waals surface area contributed by atoms with E-state index in [0.717, 1.165) is 66.8 Å². The molecule has 0 aromatic heterocycles. The molecule has 1 saturated heterocycles. The molecule has 136 valence electrons. The summed E-state index contributed by atoms with van der Waals surface area (Å²) in [5, 5.41) is 19.8. The van der Waals surface area contributed by atoms with Crippen LogP contribution in [0, 0.1) is 20.8 Å². The Kier molecular flexibility index (Phi) is 5.73. The van der Waals surface area contributed by atoms with E-state index in [1.807, 2.05) is 20.8 Å². The van der Waals surface area contributed by atoms with Crippen molar-refractivity contribution in [1.29, 1.82) is 0 Å². The van der Waals surface area contributed by atoms with Crippen molar-refractivity contribution >= 4 is 12.4 Å². The number of hydrogen-bond donors (Lipinski definition) is 2. The number of phenolic OH excluding ortho intramolecular Hbond substituents is 1. The Morgan fingerprint density at radius 3 is 2.58 bits per heavy atom. The molecule has 0 saturated carbocycles. The van der Waals surface area contributed by atoms with Crippen LogP contribution in [0.3, 0.4) is 0 Å². The molecule has 0 aliphatic carbocycles. The second-order valence-corrected chi connectivity index (χ2v) is 7.53. The fraction of sp³-hybridized carbons (Fsp3) is 0.684. The van der Waals surface area contributed by atoms with E-state index < -0.39 is 0 Å². The van der Waals surface area contributed by atoms with Crippen LogP contribution in [-0.2, 0) is 6.42 Å². The third-order valence-corrected chi connectivity index (χ3v) is 5.84. The lowest BCUT2D eigenvalue weighted by Crippen LogP contribution is -2.49.